The van der Waals surface area contributed by atoms with Crippen LogP contribution >= 0.6 is 27.5 Å². The van der Waals surface area contributed by atoms with Crippen LogP contribution in [-0.2, 0) is 20.1 Å². The number of piperidine rings is 1. The molecule has 0 spiro atoms. The Labute approximate surface area is 231 Å². The van der Waals surface area contributed by atoms with Crippen LogP contribution in [0.2, 0.25) is 23.3 Å². The summed E-state index contributed by atoms with van der Waals surface area (Å²) in [6, 6.07) is 0.202. The van der Waals surface area contributed by atoms with Gasteiger partial charge in [-0.2, -0.15) is 13.2 Å². The molecule has 0 N–H and O–H groups in total. The van der Waals surface area contributed by atoms with Gasteiger partial charge in [0.05, 0.1) is 17.7 Å². The number of cyclic esters (lactones) is 1. The zero-order chi connectivity index (χ0) is 28.4. The zero-order valence-electron chi connectivity index (χ0n) is 21.4. The number of amides is 3. The number of imide groups is 1. The van der Waals surface area contributed by atoms with Crippen LogP contribution in [0.4, 0.5) is 18.0 Å². The maximum Gasteiger partial charge on any atom is 0.420 e. The molecular weight excluding hydrogens is 613 g/mol. The van der Waals surface area contributed by atoms with Crippen LogP contribution < -0.4 is 0 Å². The molecule has 0 bridgehead atoms. The quantitative estimate of drug-likeness (QED) is 0.419. The summed E-state index contributed by atoms with van der Waals surface area (Å²) in [7, 11) is -2.45. The number of carbonyl (C=O) groups excluding carboxylic acids is 3. The minimum Gasteiger partial charge on any atom is -0.439 e. The van der Waals surface area contributed by atoms with Crippen LogP contribution in [-0.4, -0.2) is 77.3 Å². The van der Waals surface area contributed by atoms with Gasteiger partial charge in [0.15, 0.2) is 26.3 Å². The van der Waals surface area contributed by atoms with Crippen LogP contribution in [0.25, 0.3) is 5.65 Å². The van der Waals surface area contributed by atoms with Gasteiger partial charge in [0, 0.05) is 23.8 Å². The van der Waals surface area contributed by atoms with Gasteiger partial charge >= 0.3 is 12.3 Å². The summed E-state index contributed by atoms with van der Waals surface area (Å²) in [5.41, 5.74) is -1.88. The van der Waals surface area contributed by atoms with Gasteiger partial charge in [-0.1, -0.05) is 32.4 Å². The molecule has 0 saturated carbocycles. The van der Waals surface area contributed by atoms with E-state index in [1.54, 1.807) is 0 Å². The van der Waals surface area contributed by atoms with Gasteiger partial charge in [-0.25, -0.2) is 14.7 Å². The van der Waals surface area contributed by atoms with Gasteiger partial charge in [-0.15, -0.1) is 0 Å². The van der Waals surface area contributed by atoms with Crippen LogP contribution in [0, 0.1) is 0 Å². The Morgan fingerprint density at radius 1 is 1.26 bits per heavy atom. The second-order valence-electron chi connectivity index (χ2n) is 10.9. The fourth-order valence-corrected chi connectivity index (χ4v) is 6.35. The number of aromatic nitrogens is 2. The Balaban J connectivity index is 1.69. The molecule has 0 aromatic carbocycles. The lowest BCUT2D eigenvalue weighted by molar-refractivity contribution is -0.136. The molecular formula is C23H27BrClF3N4O5Si. The number of halogens is 5. The number of nitrogens with zero attached hydrogens (tertiary/aromatic N) is 4. The van der Waals surface area contributed by atoms with Crippen molar-refractivity contribution in [3.05, 3.63) is 33.1 Å². The molecule has 4 rings (SSSR count). The standard InChI is InChI=1S/C23H27BrClF3N4O5Si/c1-22(2,3)38(4,5)37-15-10-30(7-6-14(15)32-16(33)11-36-21(32)35)20(34)17-18(25)31-9-12(24)8-13(19(31)29-17)23(26,27)28/h8-9,14-15H,6-7,10-11H2,1-5H3/t14-,15-/m1/s1. The van der Waals surface area contributed by atoms with Crippen molar-refractivity contribution in [2.75, 3.05) is 19.7 Å². The van der Waals surface area contributed by atoms with Crippen molar-refractivity contribution in [3.8, 4) is 0 Å². The molecule has 3 amide bonds. The van der Waals surface area contributed by atoms with E-state index in [2.05, 4.69) is 20.9 Å². The highest BCUT2D eigenvalue weighted by Crippen LogP contribution is 2.40. The summed E-state index contributed by atoms with van der Waals surface area (Å²) in [4.78, 5) is 44.8. The number of likely N-dealkylation sites (tertiary alicyclic amines) is 1. The van der Waals surface area contributed by atoms with E-state index < -0.39 is 55.8 Å². The molecule has 2 aromatic rings. The average Bonchev–Trinajstić information content (AvgIpc) is 3.29. The molecule has 9 nitrogen and oxygen atoms in total. The van der Waals surface area contributed by atoms with Gasteiger partial charge in [0.1, 0.15) is 5.15 Å². The van der Waals surface area contributed by atoms with Gasteiger partial charge in [0.25, 0.3) is 11.8 Å². The topological polar surface area (TPSA) is 93.5 Å². The van der Waals surface area contributed by atoms with Crippen molar-refractivity contribution < 1.29 is 36.7 Å². The minimum absolute atomic E-state index is 0.0207. The van der Waals surface area contributed by atoms with Crippen molar-refractivity contribution in [1.29, 1.82) is 0 Å². The Morgan fingerprint density at radius 2 is 1.92 bits per heavy atom. The summed E-state index contributed by atoms with van der Waals surface area (Å²) in [6.07, 6.45) is -4.74. The first-order chi connectivity index (χ1) is 17.4. The van der Waals surface area contributed by atoms with E-state index in [4.69, 9.17) is 20.8 Å². The molecule has 0 unspecified atom stereocenters. The summed E-state index contributed by atoms with van der Waals surface area (Å²) < 4.78 is 53.6. The zero-order valence-corrected chi connectivity index (χ0v) is 24.7. The average molecular weight is 640 g/mol. The number of hydrogen-bond donors (Lipinski definition) is 0. The van der Waals surface area contributed by atoms with Crippen molar-refractivity contribution >= 4 is 59.4 Å². The molecule has 2 fully saturated rings. The second-order valence-corrected chi connectivity index (χ2v) is 16.9. The van der Waals surface area contributed by atoms with Crippen molar-refractivity contribution in [3.63, 3.8) is 0 Å². The van der Waals surface area contributed by atoms with Gasteiger partial charge in [0.2, 0.25) is 0 Å². The SMILES string of the molecule is CC(C)(C)[Si](C)(C)O[C@@H]1CN(C(=O)c2nc3c(C(F)(F)F)cc(Br)cn3c2Cl)CC[C@H]1N1C(=O)COC1=O. The molecule has 2 atom stereocenters. The van der Waals surface area contributed by atoms with Gasteiger partial charge in [-0.3, -0.25) is 14.0 Å². The summed E-state index contributed by atoms with van der Waals surface area (Å²) in [6.45, 7) is 9.81. The predicted molar refractivity (Wildman–Crippen MR) is 137 cm³/mol. The van der Waals surface area contributed by atoms with Gasteiger partial charge < -0.3 is 14.1 Å². The molecule has 38 heavy (non-hydrogen) atoms. The maximum absolute atomic E-state index is 13.7. The third-order valence-electron chi connectivity index (χ3n) is 7.32. The molecule has 15 heteroatoms. The predicted octanol–water partition coefficient (Wildman–Crippen LogP) is 5.35. The highest BCUT2D eigenvalue weighted by Gasteiger charge is 2.48. The molecule has 4 heterocycles. The molecule has 0 aliphatic carbocycles. The van der Waals surface area contributed by atoms with Gasteiger partial charge in [-0.05, 0) is 46.5 Å². The summed E-state index contributed by atoms with van der Waals surface area (Å²) in [5.74, 6) is -1.17. The number of hydrogen-bond acceptors (Lipinski definition) is 6. The number of carbonyl (C=O) groups is 3. The fourth-order valence-electron chi connectivity index (χ4n) is 4.32. The van der Waals surface area contributed by atoms with E-state index >= 15 is 0 Å². The van der Waals surface area contributed by atoms with Crippen LogP contribution in [0.5, 0.6) is 0 Å². The third-order valence-corrected chi connectivity index (χ3v) is 12.6. The summed E-state index contributed by atoms with van der Waals surface area (Å²) in [5, 5.41) is -0.481. The largest absolute Gasteiger partial charge is 0.439 e. The molecule has 0 radical (unpaired) electrons. The summed E-state index contributed by atoms with van der Waals surface area (Å²) >= 11 is 9.41. The highest BCUT2D eigenvalue weighted by molar-refractivity contribution is 9.10. The first-order valence-corrected chi connectivity index (χ1v) is 15.9. The highest BCUT2D eigenvalue weighted by atomic mass is 79.9. The Kier molecular flexibility index (Phi) is 7.43. The van der Waals surface area contributed by atoms with E-state index in [9.17, 15) is 27.6 Å². The van der Waals surface area contributed by atoms with Crippen LogP contribution in [0.1, 0.15) is 43.2 Å². The van der Waals surface area contributed by atoms with Crippen molar-refractivity contribution in [2.24, 2.45) is 0 Å². The monoisotopic (exact) mass is 638 g/mol. The third kappa shape index (κ3) is 5.19. The Morgan fingerprint density at radius 3 is 2.47 bits per heavy atom. The van der Waals surface area contributed by atoms with E-state index in [0.29, 0.717) is 0 Å². The fraction of sp³-hybridized carbons (Fsp3) is 0.565. The lowest BCUT2D eigenvalue weighted by atomic mass is 10.00. The number of ether oxygens (including phenoxy) is 1. The number of pyridine rings is 1. The number of alkyl halides is 3. The van der Waals surface area contributed by atoms with E-state index in [1.165, 1.54) is 11.1 Å². The lowest BCUT2D eigenvalue weighted by Crippen LogP contribution is -2.60. The number of rotatable bonds is 4. The minimum atomic E-state index is -4.72. The number of fused-ring (bicyclic) bond motifs is 1. The second kappa shape index (κ2) is 9.79. The van der Waals surface area contributed by atoms with Crippen molar-refractivity contribution in [1.82, 2.24) is 19.2 Å². The van der Waals surface area contributed by atoms with Crippen LogP contribution in [0.3, 0.4) is 0 Å². The molecule has 208 valence electrons. The smallest absolute Gasteiger partial charge is 0.420 e. The van der Waals surface area contributed by atoms with E-state index in [1.807, 2.05) is 33.9 Å². The molecule has 2 aliphatic heterocycles. The number of imidazole rings is 1. The molecule has 2 aromatic heterocycles. The first kappa shape index (κ1) is 28.8. The Bertz CT molecular complexity index is 1300. The van der Waals surface area contributed by atoms with Crippen LogP contribution in [0.15, 0.2) is 16.7 Å². The Hall–Kier alpha value is -2.16. The normalized spacial score (nSPS) is 21.4. The maximum atomic E-state index is 13.7. The first-order valence-electron chi connectivity index (χ1n) is 11.8. The lowest BCUT2D eigenvalue weighted by Gasteiger charge is -2.46. The van der Waals surface area contributed by atoms with E-state index in [0.717, 1.165) is 15.4 Å². The molecule has 2 aliphatic rings. The van der Waals surface area contributed by atoms with Crippen molar-refractivity contribution in [2.45, 2.75) is 63.6 Å². The molecule has 2 saturated heterocycles. The van der Waals surface area contributed by atoms with E-state index in [-0.39, 0.29) is 46.5 Å².